The third kappa shape index (κ3) is 42.9. The number of benzene rings is 11. The molecule has 0 aliphatic carbocycles. The molecule has 0 fully saturated rings. The number of methoxy groups -OCH3 is 2. The highest BCUT2D eigenvalue weighted by atomic mass is 127. The number of aryl methyl sites for hydroxylation is 5. The highest BCUT2D eigenvalue weighted by Crippen LogP contribution is 2.23. The first-order valence-corrected chi connectivity index (χ1v) is 30.8. The summed E-state index contributed by atoms with van der Waals surface area (Å²) in [4.78, 5) is 0. The minimum absolute atomic E-state index is 0.178. The topological polar surface area (TPSA) is 27.7 Å². The van der Waals surface area contributed by atoms with E-state index in [2.05, 4.69) is 193 Å². The van der Waals surface area contributed by atoms with Crippen LogP contribution in [0.1, 0.15) is 79.5 Å². The van der Waals surface area contributed by atoms with E-state index in [0.29, 0.717) is 11.3 Å². The molecule has 498 valence electrons. The minimum Gasteiger partial charge on any atom is -0.497 e. The lowest BCUT2D eigenvalue weighted by Crippen LogP contribution is -2.16. The Labute approximate surface area is 566 Å². The van der Waals surface area contributed by atoms with E-state index in [1.807, 2.05) is 97.9 Å². The Bertz CT molecular complexity index is 3470. The predicted molar refractivity (Wildman–Crippen MR) is 380 cm³/mol. The van der Waals surface area contributed by atoms with Crippen molar-refractivity contribution < 1.29 is 53.7 Å². The highest BCUT2D eigenvalue weighted by Gasteiger charge is 2.30. The number of halogens is 10. The number of para-hydroxylation sites is 2. The lowest BCUT2D eigenvalue weighted by molar-refractivity contribution is -0.274. The molecule has 0 saturated heterocycles. The van der Waals surface area contributed by atoms with Crippen molar-refractivity contribution >= 4 is 22.6 Å². The second-order valence-electron chi connectivity index (χ2n) is 21.4. The largest absolute Gasteiger partial charge is 0.573 e. The molecule has 0 N–H and O–H groups in total. The van der Waals surface area contributed by atoms with E-state index in [-0.39, 0.29) is 11.6 Å². The molecule has 0 amide bonds. The van der Waals surface area contributed by atoms with Crippen molar-refractivity contribution in [3.05, 3.63) is 375 Å². The number of hydrogen-bond acceptors (Lipinski definition) is 3. The van der Waals surface area contributed by atoms with E-state index < -0.39 is 35.4 Å². The number of rotatable bonds is 4. The smallest absolute Gasteiger partial charge is 0.497 e. The Kier molecular flexibility index (Phi) is 42.9. The SMILES string of the molecule is CC(C)(C)c1ccccc1.CC(C)c1ccccc1I.COc1cc(C)ccc1C.COc1ccccc1.Cc1cccc(C)c1.Cc1ccccc1.FC(F)(F)Oc1ccccc1.Fc1cccc(F)c1.Fc1cccc(F)c1F.Fc1ccccc1.c1ccccc1. The van der Waals surface area contributed by atoms with Crippen LogP contribution in [0.2, 0.25) is 0 Å². The molecule has 11 aromatic rings. The maximum absolute atomic E-state index is 12.0. The Balaban J connectivity index is 0.000000519. The second-order valence-corrected chi connectivity index (χ2v) is 22.5. The molecule has 0 radical (unpaired) electrons. The van der Waals surface area contributed by atoms with Gasteiger partial charge < -0.3 is 14.2 Å². The van der Waals surface area contributed by atoms with E-state index in [1.165, 1.54) is 97.1 Å². The average Bonchev–Trinajstić information content (AvgIpc) is 1.28. The van der Waals surface area contributed by atoms with Crippen molar-refractivity contribution in [2.24, 2.45) is 0 Å². The van der Waals surface area contributed by atoms with Gasteiger partial charge in [-0.05, 0) is 164 Å². The molecule has 0 atom stereocenters. The minimum atomic E-state index is -4.60. The van der Waals surface area contributed by atoms with E-state index in [4.69, 9.17) is 9.47 Å². The Morgan fingerprint density at radius 3 is 1.00 bits per heavy atom. The summed E-state index contributed by atoms with van der Waals surface area (Å²) in [6.07, 6.45) is -4.60. The fourth-order valence-corrected chi connectivity index (χ4v) is 8.08. The van der Waals surface area contributed by atoms with Crippen LogP contribution in [0.15, 0.2) is 297 Å². The van der Waals surface area contributed by atoms with Gasteiger partial charge in [-0.3, -0.25) is 0 Å². The molecule has 0 bridgehead atoms. The van der Waals surface area contributed by atoms with Crippen molar-refractivity contribution in [1.29, 1.82) is 0 Å². The molecule has 11 rings (SSSR count). The van der Waals surface area contributed by atoms with Crippen LogP contribution in [0.3, 0.4) is 0 Å². The zero-order valence-electron chi connectivity index (χ0n) is 55.4. The molecule has 0 aliphatic rings. The van der Waals surface area contributed by atoms with Gasteiger partial charge in [-0.15, -0.1) is 13.2 Å². The van der Waals surface area contributed by atoms with E-state index >= 15 is 0 Å². The van der Waals surface area contributed by atoms with Gasteiger partial charge in [-0.25, -0.2) is 26.3 Å². The van der Waals surface area contributed by atoms with Gasteiger partial charge in [0.2, 0.25) is 0 Å². The summed E-state index contributed by atoms with van der Waals surface area (Å²) in [5, 5.41) is 0. The van der Waals surface area contributed by atoms with Gasteiger partial charge in [0.15, 0.2) is 17.5 Å². The fourth-order valence-electron chi connectivity index (χ4n) is 7.07. The summed E-state index contributed by atoms with van der Waals surface area (Å²) in [6.45, 7) is 21.5. The third-order valence-electron chi connectivity index (χ3n) is 11.9. The lowest BCUT2D eigenvalue weighted by Gasteiger charge is -2.18. The van der Waals surface area contributed by atoms with Gasteiger partial charge in [0.25, 0.3) is 0 Å². The average molecular weight is 1410 g/mol. The maximum Gasteiger partial charge on any atom is 0.573 e. The van der Waals surface area contributed by atoms with Crippen LogP contribution in [-0.2, 0) is 5.41 Å². The van der Waals surface area contributed by atoms with E-state index in [1.54, 1.807) is 38.5 Å². The monoisotopic (exact) mass is 1400 g/mol. The highest BCUT2D eigenvalue weighted by molar-refractivity contribution is 14.1. The second kappa shape index (κ2) is 48.6. The van der Waals surface area contributed by atoms with Crippen molar-refractivity contribution in [2.45, 2.75) is 86.9 Å². The lowest BCUT2D eigenvalue weighted by atomic mass is 9.87. The summed E-state index contributed by atoms with van der Waals surface area (Å²) >= 11 is 2.38. The fraction of sp³-hybridized carbons (Fsp3) is 0.185. The van der Waals surface area contributed by atoms with Crippen LogP contribution in [0.5, 0.6) is 17.2 Å². The first kappa shape index (κ1) is 82.9. The van der Waals surface area contributed by atoms with Crippen LogP contribution >= 0.6 is 22.6 Å². The van der Waals surface area contributed by atoms with Crippen molar-refractivity contribution in [3.63, 3.8) is 0 Å². The molecule has 0 saturated carbocycles. The molecular weight excluding hydrogens is 1320 g/mol. The zero-order chi connectivity index (χ0) is 70.2. The third-order valence-corrected chi connectivity index (χ3v) is 12.9. The van der Waals surface area contributed by atoms with E-state index in [0.717, 1.165) is 35.8 Å². The molecular formula is C81H86F9IO3. The Morgan fingerprint density at radius 1 is 0.351 bits per heavy atom. The van der Waals surface area contributed by atoms with Gasteiger partial charge in [-0.2, -0.15) is 0 Å². The molecule has 3 nitrogen and oxygen atoms in total. The molecule has 0 unspecified atom stereocenters. The number of alkyl halides is 3. The van der Waals surface area contributed by atoms with Crippen molar-refractivity contribution in [2.75, 3.05) is 14.2 Å². The van der Waals surface area contributed by atoms with Crippen LogP contribution in [0.4, 0.5) is 39.5 Å². The van der Waals surface area contributed by atoms with Gasteiger partial charge >= 0.3 is 6.36 Å². The molecule has 0 heterocycles. The quantitative estimate of drug-likeness (QED) is 0.0998. The Hall–Kier alpha value is -9.08. The summed E-state index contributed by atoms with van der Waals surface area (Å²) in [5.74, 6) is -2.65. The zero-order valence-corrected chi connectivity index (χ0v) is 57.5. The molecule has 94 heavy (non-hydrogen) atoms. The normalized spacial score (nSPS) is 9.69. The standard InChI is InChI=1S/C10H14.C9H11I.C9H12O.C8H10.C7H5F3O.C7H8O.C7H8.C6H3F3.C6H4F2.C6H5F.C6H6/c1-10(2,3)9-7-5-4-6-8-9;1-7(2)8-5-3-4-6-9(8)10;1-7-4-5-8(2)9(6-7)10-3;1-7-4-3-5-8(2)6-7;8-7(9,10)11-6-4-2-1-3-5-6;1-8-7-5-3-2-4-6-7;1-7-5-3-2-4-6-7;7-4-2-1-3-5(8)6(4)9;7-5-2-1-3-6(8)4-5;7-6-4-2-1-3-5-6;1-2-4-6-5-3-1/h4-8H,1-3H3;3-7H,1-2H3;4-6H,1-3H3;3-6H,1-2H3;1-5H;2-6H,1H3;2-6H,1H3;1-3H;1-4H;1-5H;1-6H. The molecule has 0 spiro atoms. The van der Waals surface area contributed by atoms with Crippen LogP contribution in [-0.4, -0.2) is 20.6 Å². The maximum atomic E-state index is 12.0. The van der Waals surface area contributed by atoms with Crippen LogP contribution < -0.4 is 14.2 Å². The first-order chi connectivity index (χ1) is 44.6. The van der Waals surface area contributed by atoms with Crippen molar-refractivity contribution in [3.8, 4) is 17.2 Å². The number of hydrogen-bond donors (Lipinski definition) is 0. The molecule has 13 heteroatoms. The summed E-state index contributed by atoms with van der Waals surface area (Å²) in [5.41, 5.74) is 9.56. The summed E-state index contributed by atoms with van der Waals surface area (Å²) < 4.78 is 121. The summed E-state index contributed by atoms with van der Waals surface area (Å²) in [6, 6.07) is 88.0. The first-order valence-electron chi connectivity index (χ1n) is 29.7. The van der Waals surface area contributed by atoms with E-state index in [9.17, 15) is 39.5 Å². The molecule has 0 aromatic heterocycles. The van der Waals surface area contributed by atoms with Crippen molar-refractivity contribution in [1.82, 2.24) is 0 Å². The Morgan fingerprint density at radius 2 is 0.713 bits per heavy atom. The van der Waals surface area contributed by atoms with Gasteiger partial charge in [0, 0.05) is 9.64 Å². The molecule has 0 aliphatic heterocycles. The van der Waals surface area contributed by atoms with Gasteiger partial charge in [0.05, 0.1) is 14.2 Å². The predicted octanol–water partition coefficient (Wildman–Crippen LogP) is 24.9. The van der Waals surface area contributed by atoms with Gasteiger partial charge in [-0.1, -0.05) is 270 Å². The number of ether oxygens (including phenoxy) is 3. The summed E-state index contributed by atoms with van der Waals surface area (Å²) in [7, 11) is 3.36. The van der Waals surface area contributed by atoms with Crippen LogP contribution in [0.25, 0.3) is 0 Å². The van der Waals surface area contributed by atoms with Crippen LogP contribution in [0, 0.1) is 73.1 Å². The molecule has 11 aromatic carbocycles. The van der Waals surface area contributed by atoms with Gasteiger partial charge in [0.1, 0.15) is 34.7 Å².